The molecule has 1 amide bonds. The predicted molar refractivity (Wildman–Crippen MR) is 72.7 cm³/mol. The number of carbonyl (C=O) groups is 2. The Bertz CT molecular complexity index is 680. The fourth-order valence-electron chi connectivity index (χ4n) is 2.30. The Balaban J connectivity index is 1.70. The van der Waals surface area contributed by atoms with E-state index in [9.17, 15) is 9.59 Å². The van der Waals surface area contributed by atoms with Gasteiger partial charge in [0.15, 0.2) is 0 Å². The van der Waals surface area contributed by atoms with Crippen LogP contribution in [0, 0.1) is 0 Å². The lowest BCUT2D eigenvalue weighted by Crippen LogP contribution is -2.30. The van der Waals surface area contributed by atoms with E-state index in [4.69, 9.17) is 5.11 Å². The minimum absolute atomic E-state index is 0.0944. The number of rotatable bonds is 3. The van der Waals surface area contributed by atoms with Crippen molar-refractivity contribution in [2.24, 2.45) is 0 Å². The van der Waals surface area contributed by atoms with Gasteiger partial charge in [-0.25, -0.2) is 9.78 Å². The van der Waals surface area contributed by atoms with Gasteiger partial charge in [-0.1, -0.05) is 24.3 Å². The van der Waals surface area contributed by atoms with Crippen molar-refractivity contribution in [2.75, 3.05) is 5.32 Å². The first-order chi connectivity index (χ1) is 9.65. The first-order valence-corrected chi connectivity index (χ1v) is 6.23. The van der Waals surface area contributed by atoms with Gasteiger partial charge in [0, 0.05) is 6.20 Å². The summed E-state index contributed by atoms with van der Waals surface area (Å²) in [5.74, 6) is -0.931. The Labute approximate surface area is 115 Å². The molecule has 0 aliphatic heterocycles. The highest BCUT2D eigenvalue weighted by atomic mass is 16.4. The van der Waals surface area contributed by atoms with E-state index >= 15 is 0 Å². The normalized spacial score (nSPS) is 15.9. The number of hydrogen-bond donors (Lipinski definition) is 2. The maximum atomic E-state index is 12.1. The highest BCUT2D eigenvalue weighted by Gasteiger charge is 2.31. The fraction of sp³-hybridized carbons (Fsp3) is 0.133. The molecule has 2 N–H and O–H groups in total. The number of nitrogens with one attached hydrogen (secondary N) is 1. The molecule has 1 aromatic carbocycles. The minimum atomic E-state index is -1.04. The molecule has 0 radical (unpaired) electrons. The third kappa shape index (κ3) is 2.14. The molecule has 1 atom stereocenters. The lowest BCUT2D eigenvalue weighted by molar-refractivity contribution is -0.118. The van der Waals surface area contributed by atoms with E-state index in [1.165, 1.54) is 23.9 Å². The number of carboxylic acids is 1. The molecule has 1 aromatic heterocycles. The van der Waals surface area contributed by atoms with Crippen LogP contribution in [-0.4, -0.2) is 22.0 Å². The molecule has 0 fully saturated rings. The molecule has 1 heterocycles. The predicted octanol–water partition coefficient (Wildman–Crippen LogP) is 2.06. The van der Waals surface area contributed by atoms with Crippen molar-refractivity contribution in [1.29, 1.82) is 0 Å². The van der Waals surface area contributed by atoms with Crippen molar-refractivity contribution in [1.82, 2.24) is 4.98 Å². The van der Waals surface area contributed by atoms with Gasteiger partial charge in [-0.2, -0.15) is 0 Å². The number of aromatic carboxylic acids is 1. The summed E-state index contributed by atoms with van der Waals surface area (Å²) in [6.45, 7) is 0. The average molecular weight is 268 g/mol. The lowest BCUT2D eigenvalue weighted by atomic mass is 9.77. The monoisotopic (exact) mass is 268 g/mol. The van der Waals surface area contributed by atoms with Gasteiger partial charge in [-0.05, 0) is 29.7 Å². The zero-order valence-corrected chi connectivity index (χ0v) is 10.5. The first-order valence-electron chi connectivity index (χ1n) is 6.23. The van der Waals surface area contributed by atoms with Crippen LogP contribution in [0.25, 0.3) is 0 Å². The Morgan fingerprint density at radius 1 is 1.20 bits per heavy atom. The van der Waals surface area contributed by atoms with Crippen LogP contribution in [0.1, 0.15) is 27.4 Å². The van der Waals surface area contributed by atoms with E-state index < -0.39 is 5.97 Å². The number of aromatic nitrogens is 1. The van der Waals surface area contributed by atoms with E-state index in [0.717, 1.165) is 12.0 Å². The van der Waals surface area contributed by atoms with E-state index in [1.807, 2.05) is 24.3 Å². The number of benzene rings is 1. The largest absolute Gasteiger partial charge is 0.478 e. The molecule has 0 saturated carbocycles. The van der Waals surface area contributed by atoms with Gasteiger partial charge < -0.3 is 10.4 Å². The Morgan fingerprint density at radius 3 is 2.65 bits per heavy atom. The highest BCUT2D eigenvalue weighted by Crippen LogP contribution is 2.35. The van der Waals surface area contributed by atoms with Crippen molar-refractivity contribution in [3.63, 3.8) is 0 Å². The van der Waals surface area contributed by atoms with Crippen LogP contribution in [0.4, 0.5) is 5.82 Å². The molecule has 0 spiro atoms. The molecule has 1 unspecified atom stereocenters. The van der Waals surface area contributed by atoms with Gasteiger partial charge in [0.25, 0.3) is 0 Å². The lowest BCUT2D eigenvalue weighted by Gasteiger charge is -2.28. The molecule has 3 rings (SSSR count). The van der Waals surface area contributed by atoms with Crippen LogP contribution in [0.2, 0.25) is 0 Å². The standard InChI is InChI=1S/C15H12N2O3/c18-14(12-7-9-3-1-2-4-11(9)12)17-13-6-5-10(8-16-13)15(19)20/h1-6,8,12H,7H2,(H,19,20)(H,16,17,18). The topological polar surface area (TPSA) is 79.3 Å². The second kappa shape index (κ2) is 4.77. The number of nitrogens with zero attached hydrogens (tertiary/aromatic N) is 1. The van der Waals surface area contributed by atoms with Crippen LogP contribution in [0.5, 0.6) is 0 Å². The van der Waals surface area contributed by atoms with Gasteiger partial charge in [0.05, 0.1) is 11.5 Å². The zero-order chi connectivity index (χ0) is 14.1. The molecular weight excluding hydrogens is 256 g/mol. The summed E-state index contributed by atoms with van der Waals surface area (Å²) in [6, 6.07) is 10.7. The van der Waals surface area contributed by atoms with E-state index in [0.29, 0.717) is 5.82 Å². The summed E-state index contributed by atoms with van der Waals surface area (Å²) < 4.78 is 0. The van der Waals surface area contributed by atoms with Crippen molar-refractivity contribution in [3.8, 4) is 0 Å². The van der Waals surface area contributed by atoms with Crippen LogP contribution in [-0.2, 0) is 11.2 Å². The van der Waals surface area contributed by atoms with Crippen molar-refractivity contribution in [2.45, 2.75) is 12.3 Å². The van der Waals surface area contributed by atoms with Crippen LogP contribution < -0.4 is 5.32 Å². The third-order valence-corrected chi connectivity index (χ3v) is 3.43. The van der Waals surface area contributed by atoms with E-state index in [-0.39, 0.29) is 17.4 Å². The molecule has 1 aliphatic rings. The molecule has 100 valence electrons. The SMILES string of the molecule is O=C(O)c1ccc(NC(=O)C2Cc3ccccc32)nc1. The number of pyridine rings is 1. The zero-order valence-electron chi connectivity index (χ0n) is 10.5. The van der Waals surface area contributed by atoms with Crippen LogP contribution in [0.15, 0.2) is 42.6 Å². The number of carbonyl (C=O) groups excluding carboxylic acids is 1. The van der Waals surface area contributed by atoms with Gasteiger partial charge in [-0.15, -0.1) is 0 Å². The maximum absolute atomic E-state index is 12.1. The van der Waals surface area contributed by atoms with Crippen molar-refractivity contribution < 1.29 is 14.7 Å². The summed E-state index contributed by atoms with van der Waals surface area (Å²) in [7, 11) is 0. The third-order valence-electron chi connectivity index (χ3n) is 3.43. The molecular formula is C15H12N2O3. The molecule has 1 aliphatic carbocycles. The van der Waals surface area contributed by atoms with Crippen molar-refractivity contribution >= 4 is 17.7 Å². The molecule has 20 heavy (non-hydrogen) atoms. The summed E-state index contributed by atoms with van der Waals surface area (Å²) in [6.07, 6.45) is 1.96. The number of hydrogen-bond acceptors (Lipinski definition) is 3. The number of fused-ring (bicyclic) bond motifs is 1. The number of carboxylic acid groups (broad SMARTS) is 1. The second-order valence-corrected chi connectivity index (χ2v) is 4.68. The summed E-state index contributed by atoms with van der Waals surface area (Å²) in [5, 5.41) is 11.5. The molecule has 0 bridgehead atoms. The summed E-state index contributed by atoms with van der Waals surface area (Å²) >= 11 is 0. The number of amides is 1. The smallest absolute Gasteiger partial charge is 0.337 e. The first kappa shape index (κ1) is 12.3. The Hall–Kier alpha value is -2.69. The van der Waals surface area contributed by atoms with Gasteiger partial charge >= 0.3 is 5.97 Å². The van der Waals surface area contributed by atoms with E-state index in [2.05, 4.69) is 10.3 Å². The summed E-state index contributed by atoms with van der Waals surface area (Å²) in [5.41, 5.74) is 2.34. The van der Waals surface area contributed by atoms with Gasteiger partial charge in [0.1, 0.15) is 5.82 Å². The fourth-order valence-corrected chi connectivity index (χ4v) is 2.30. The van der Waals surface area contributed by atoms with Gasteiger partial charge in [-0.3, -0.25) is 4.79 Å². The Kier molecular flexibility index (Phi) is 2.95. The molecule has 5 heteroatoms. The molecule has 0 saturated heterocycles. The molecule has 5 nitrogen and oxygen atoms in total. The maximum Gasteiger partial charge on any atom is 0.337 e. The number of anilines is 1. The molecule has 2 aromatic rings. The minimum Gasteiger partial charge on any atom is -0.478 e. The highest BCUT2D eigenvalue weighted by molar-refractivity contribution is 5.97. The average Bonchev–Trinajstić information content (AvgIpc) is 2.41. The van der Waals surface area contributed by atoms with Crippen LogP contribution in [0.3, 0.4) is 0 Å². The van der Waals surface area contributed by atoms with Crippen molar-refractivity contribution in [3.05, 3.63) is 59.3 Å². The van der Waals surface area contributed by atoms with Crippen LogP contribution >= 0.6 is 0 Å². The van der Waals surface area contributed by atoms with Gasteiger partial charge in [0.2, 0.25) is 5.91 Å². The van der Waals surface area contributed by atoms with E-state index in [1.54, 1.807) is 0 Å². The Morgan fingerprint density at radius 2 is 2.00 bits per heavy atom. The second-order valence-electron chi connectivity index (χ2n) is 4.68. The summed E-state index contributed by atoms with van der Waals surface area (Å²) in [4.78, 5) is 26.7. The quantitative estimate of drug-likeness (QED) is 0.893.